The van der Waals surface area contributed by atoms with E-state index in [1.54, 1.807) is 11.1 Å². The quantitative estimate of drug-likeness (QED) is 0.851. The summed E-state index contributed by atoms with van der Waals surface area (Å²) in [5.41, 5.74) is 1.62. The Morgan fingerprint density at radius 3 is 2.68 bits per heavy atom. The zero-order valence-electron chi connectivity index (χ0n) is 11.0. The molecule has 6 nitrogen and oxygen atoms in total. The maximum atomic E-state index is 12.4. The topological polar surface area (TPSA) is 81.8 Å². The van der Waals surface area contributed by atoms with Gasteiger partial charge in [-0.15, -0.1) is 0 Å². The molecular weight excluding hydrogens is 244 g/mol. The van der Waals surface area contributed by atoms with Crippen molar-refractivity contribution in [2.45, 2.75) is 26.2 Å². The largest absolute Gasteiger partial charge is 0.338 e. The number of aromatic amines is 2. The maximum Gasteiger partial charge on any atom is 0.273 e. The minimum Gasteiger partial charge on any atom is -0.338 e. The first-order valence-corrected chi connectivity index (χ1v) is 6.48. The average Bonchev–Trinajstić information content (AvgIpc) is 2.67. The van der Waals surface area contributed by atoms with Crippen molar-refractivity contribution in [3.63, 3.8) is 0 Å². The summed E-state index contributed by atoms with van der Waals surface area (Å²) in [6.45, 7) is 5.54. The van der Waals surface area contributed by atoms with Gasteiger partial charge < -0.3 is 4.90 Å². The lowest BCUT2D eigenvalue weighted by Gasteiger charge is -2.31. The van der Waals surface area contributed by atoms with Crippen LogP contribution in [-0.2, 0) is 0 Å². The minimum atomic E-state index is -0.218. The van der Waals surface area contributed by atoms with E-state index in [0.717, 1.165) is 25.1 Å². The normalized spacial score (nSPS) is 15.0. The van der Waals surface area contributed by atoms with Crippen molar-refractivity contribution in [3.05, 3.63) is 27.7 Å². The zero-order valence-corrected chi connectivity index (χ0v) is 11.0. The summed E-state index contributed by atoms with van der Waals surface area (Å²) < 4.78 is 0. The van der Waals surface area contributed by atoms with Crippen LogP contribution in [0, 0.1) is 0 Å². The second-order valence-electron chi connectivity index (χ2n) is 5.19. The third-order valence-electron chi connectivity index (χ3n) is 3.59. The van der Waals surface area contributed by atoms with E-state index >= 15 is 0 Å². The van der Waals surface area contributed by atoms with E-state index in [0.29, 0.717) is 16.6 Å². The Hall–Kier alpha value is -2.11. The number of pyridine rings is 1. The van der Waals surface area contributed by atoms with Crippen LogP contribution in [0.5, 0.6) is 0 Å². The highest BCUT2D eigenvalue weighted by Gasteiger charge is 2.27. The number of carbonyl (C=O) groups excluding carboxylic acids is 1. The maximum absolute atomic E-state index is 12.4. The molecule has 100 valence electrons. The molecule has 2 aromatic rings. The first-order chi connectivity index (χ1) is 9.09. The summed E-state index contributed by atoms with van der Waals surface area (Å²) in [6, 6.07) is 0. The van der Waals surface area contributed by atoms with Crippen LogP contribution < -0.4 is 5.56 Å². The lowest BCUT2D eigenvalue weighted by atomic mass is 9.94. The Bertz CT molecular complexity index is 694. The number of nitrogens with zero attached hydrogens (tertiary/aromatic N) is 2. The number of amides is 1. The molecule has 2 aromatic heterocycles. The number of hydrogen-bond donors (Lipinski definition) is 2. The monoisotopic (exact) mass is 260 g/mol. The summed E-state index contributed by atoms with van der Waals surface area (Å²) in [6.07, 6.45) is 2.62. The van der Waals surface area contributed by atoms with Crippen molar-refractivity contribution in [1.82, 2.24) is 20.1 Å². The van der Waals surface area contributed by atoms with E-state index in [4.69, 9.17) is 0 Å². The van der Waals surface area contributed by atoms with Gasteiger partial charge in [0.1, 0.15) is 0 Å². The summed E-state index contributed by atoms with van der Waals surface area (Å²) in [4.78, 5) is 30.2. The molecule has 0 spiro atoms. The van der Waals surface area contributed by atoms with E-state index < -0.39 is 0 Å². The Labute approximate surface area is 109 Å². The van der Waals surface area contributed by atoms with Crippen LogP contribution in [0.15, 0.2) is 11.0 Å². The summed E-state index contributed by atoms with van der Waals surface area (Å²) in [5, 5.41) is 5.76. The molecule has 6 heteroatoms. The van der Waals surface area contributed by atoms with Crippen LogP contribution >= 0.6 is 0 Å². The van der Waals surface area contributed by atoms with Crippen LogP contribution in [0.2, 0.25) is 0 Å². The van der Waals surface area contributed by atoms with Gasteiger partial charge >= 0.3 is 0 Å². The van der Waals surface area contributed by atoms with Crippen molar-refractivity contribution in [3.8, 4) is 0 Å². The molecule has 2 N–H and O–H groups in total. The van der Waals surface area contributed by atoms with Crippen molar-refractivity contribution in [2.75, 3.05) is 13.1 Å². The number of hydrogen-bond acceptors (Lipinski definition) is 3. The molecule has 3 rings (SSSR count). The smallest absolute Gasteiger partial charge is 0.273 e. The highest BCUT2D eigenvalue weighted by Crippen LogP contribution is 2.26. The Balaban J connectivity index is 2.23. The van der Waals surface area contributed by atoms with Gasteiger partial charge in [0.05, 0.1) is 10.9 Å². The fourth-order valence-electron chi connectivity index (χ4n) is 2.49. The summed E-state index contributed by atoms with van der Waals surface area (Å²) in [5.74, 6) is 0.0626. The Morgan fingerprint density at radius 1 is 1.37 bits per heavy atom. The Morgan fingerprint density at radius 2 is 2.11 bits per heavy atom. The molecule has 0 aliphatic carbocycles. The molecule has 0 radical (unpaired) electrons. The highest BCUT2D eigenvalue weighted by molar-refractivity contribution is 6.00. The number of nitrogens with one attached hydrogen (secondary N) is 2. The van der Waals surface area contributed by atoms with Crippen LogP contribution in [0.1, 0.15) is 42.1 Å². The number of carbonyl (C=O) groups is 1. The predicted molar refractivity (Wildman–Crippen MR) is 71.3 cm³/mol. The molecule has 1 aliphatic rings. The zero-order chi connectivity index (χ0) is 13.6. The van der Waals surface area contributed by atoms with Gasteiger partial charge in [-0.2, -0.15) is 0 Å². The van der Waals surface area contributed by atoms with Crippen molar-refractivity contribution in [2.24, 2.45) is 0 Å². The molecule has 1 aliphatic heterocycles. The van der Waals surface area contributed by atoms with Crippen LogP contribution in [0.3, 0.4) is 0 Å². The molecule has 1 fully saturated rings. The van der Waals surface area contributed by atoms with Gasteiger partial charge in [-0.05, 0) is 17.9 Å². The van der Waals surface area contributed by atoms with Crippen molar-refractivity contribution < 1.29 is 4.79 Å². The minimum absolute atomic E-state index is 0.0232. The fraction of sp³-hybridized carbons (Fsp3) is 0.462. The molecule has 0 bridgehead atoms. The number of H-pyrrole nitrogens is 2. The first kappa shape index (κ1) is 12.0. The van der Waals surface area contributed by atoms with Crippen LogP contribution in [-0.4, -0.2) is 39.1 Å². The molecule has 19 heavy (non-hydrogen) atoms. The first-order valence-electron chi connectivity index (χ1n) is 6.48. The van der Waals surface area contributed by atoms with E-state index in [1.165, 1.54) is 0 Å². The number of rotatable bonds is 2. The van der Waals surface area contributed by atoms with E-state index in [2.05, 4.69) is 15.2 Å². The second-order valence-corrected chi connectivity index (χ2v) is 5.19. The molecule has 0 atom stereocenters. The highest BCUT2D eigenvalue weighted by atomic mass is 16.2. The summed E-state index contributed by atoms with van der Waals surface area (Å²) in [7, 11) is 0. The van der Waals surface area contributed by atoms with Gasteiger partial charge in [0.2, 0.25) is 0 Å². The number of likely N-dealkylation sites (tertiary alicyclic amines) is 1. The van der Waals surface area contributed by atoms with Gasteiger partial charge in [0.15, 0.2) is 5.65 Å². The van der Waals surface area contributed by atoms with Gasteiger partial charge in [-0.3, -0.25) is 19.8 Å². The van der Waals surface area contributed by atoms with Gasteiger partial charge in [-0.1, -0.05) is 13.8 Å². The third kappa shape index (κ3) is 1.75. The van der Waals surface area contributed by atoms with E-state index in [9.17, 15) is 9.59 Å². The second kappa shape index (κ2) is 4.22. The number of aromatic nitrogens is 3. The fourth-order valence-corrected chi connectivity index (χ4v) is 2.49. The van der Waals surface area contributed by atoms with Gasteiger partial charge in [-0.25, -0.2) is 4.98 Å². The van der Waals surface area contributed by atoms with Crippen LogP contribution in [0.25, 0.3) is 11.0 Å². The Kier molecular flexibility index (Phi) is 2.66. The standard InChI is InChI=1S/C13H16N4O2/c1-7(2)9-8(13(19)17-4-3-5-17)6-14-11-10(9)12(18)16-15-11/h6-7H,3-5H2,1-2H3,(H2,14,15,16,18). The van der Waals surface area contributed by atoms with E-state index in [1.807, 2.05) is 13.8 Å². The predicted octanol–water partition coefficient (Wildman–Crippen LogP) is 1.22. The van der Waals surface area contributed by atoms with Gasteiger partial charge in [0.25, 0.3) is 11.5 Å². The molecule has 0 unspecified atom stereocenters. The summed E-state index contributed by atoms with van der Waals surface area (Å²) >= 11 is 0. The average molecular weight is 260 g/mol. The van der Waals surface area contributed by atoms with Crippen LogP contribution in [0.4, 0.5) is 0 Å². The lowest BCUT2D eigenvalue weighted by molar-refractivity contribution is 0.0650. The van der Waals surface area contributed by atoms with Crippen molar-refractivity contribution in [1.29, 1.82) is 0 Å². The lowest BCUT2D eigenvalue weighted by Crippen LogP contribution is -2.42. The SMILES string of the molecule is CC(C)c1c(C(=O)N2CCC2)cnc2[nH][nH]c(=O)c12. The molecule has 1 amide bonds. The molecule has 0 aromatic carbocycles. The third-order valence-corrected chi connectivity index (χ3v) is 3.59. The number of fused-ring (bicyclic) bond motifs is 1. The van der Waals surface area contributed by atoms with E-state index in [-0.39, 0.29) is 17.4 Å². The molecule has 1 saturated heterocycles. The molecular formula is C13H16N4O2. The molecule has 0 saturated carbocycles. The van der Waals surface area contributed by atoms with Gasteiger partial charge in [0, 0.05) is 19.3 Å². The molecule has 3 heterocycles. The van der Waals surface area contributed by atoms with Crippen molar-refractivity contribution >= 4 is 16.9 Å².